The van der Waals surface area contributed by atoms with Crippen LogP contribution >= 0.6 is 0 Å². The number of amides is 2. The topological polar surface area (TPSA) is 89.8 Å². The van der Waals surface area contributed by atoms with E-state index in [1.807, 2.05) is 0 Å². The van der Waals surface area contributed by atoms with Gasteiger partial charge in [-0.15, -0.1) is 0 Å². The number of rotatable bonds is 4. The van der Waals surface area contributed by atoms with Crippen molar-refractivity contribution in [1.29, 1.82) is 0 Å². The van der Waals surface area contributed by atoms with E-state index in [4.69, 9.17) is 9.47 Å². The van der Waals surface area contributed by atoms with Crippen LogP contribution in [0.2, 0.25) is 0 Å². The number of hydrogen-bond acceptors (Lipinski definition) is 6. The molecule has 0 aromatic carbocycles. The van der Waals surface area contributed by atoms with Crippen LogP contribution in [0, 0.1) is 0 Å². The van der Waals surface area contributed by atoms with Crippen molar-refractivity contribution < 1.29 is 19.1 Å². The highest BCUT2D eigenvalue weighted by Crippen LogP contribution is 2.23. The predicted molar refractivity (Wildman–Crippen MR) is 99.1 cm³/mol. The molecule has 1 unspecified atom stereocenters. The van der Waals surface area contributed by atoms with Crippen molar-refractivity contribution in [3.8, 4) is 5.88 Å². The summed E-state index contributed by atoms with van der Waals surface area (Å²) in [6.45, 7) is 3.24. The maximum absolute atomic E-state index is 12.8. The average Bonchev–Trinajstić information content (AvgIpc) is 3.37. The summed E-state index contributed by atoms with van der Waals surface area (Å²) in [7, 11) is 1.74. The van der Waals surface area contributed by atoms with Gasteiger partial charge in [0.2, 0.25) is 5.88 Å². The number of carbonyl (C=O) groups is 2. The van der Waals surface area contributed by atoms with Crippen LogP contribution in [0.1, 0.15) is 27.3 Å². The molecule has 2 amide bonds. The van der Waals surface area contributed by atoms with Gasteiger partial charge in [-0.25, -0.2) is 4.98 Å². The minimum Gasteiger partial charge on any atom is -0.472 e. The highest BCUT2D eigenvalue weighted by molar-refractivity contribution is 5.96. The van der Waals surface area contributed by atoms with Crippen LogP contribution in [-0.2, 0) is 11.8 Å². The van der Waals surface area contributed by atoms with Gasteiger partial charge in [0, 0.05) is 45.5 Å². The van der Waals surface area contributed by atoms with E-state index in [1.165, 1.54) is 0 Å². The molecule has 0 spiro atoms. The molecule has 9 heteroatoms. The van der Waals surface area contributed by atoms with Crippen LogP contribution in [0.5, 0.6) is 5.88 Å². The van der Waals surface area contributed by atoms with Crippen molar-refractivity contribution >= 4 is 11.8 Å². The Morgan fingerprint density at radius 2 is 1.93 bits per heavy atom. The average molecular weight is 385 g/mol. The number of aromatic nitrogens is 3. The summed E-state index contributed by atoms with van der Waals surface area (Å²) in [5.41, 5.74) is 0.988. The summed E-state index contributed by atoms with van der Waals surface area (Å²) in [6.07, 6.45) is 3.70. The number of aryl methyl sites for hydroxylation is 1. The first-order valence-corrected chi connectivity index (χ1v) is 9.39. The molecule has 2 aromatic heterocycles. The zero-order valence-corrected chi connectivity index (χ0v) is 15.8. The van der Waals surface area contributed by atoms with Crippen molar-refractivity contribution in [2.24, 2.45) is 7.05 Å². The van der Waals surface area contributed by atoms with Crippen molar-refractivity contribution in [3.05, 3.63) is 41.9 Å². The van der Waals surface area contributed by atoms with Crippen LogP contribution in [0.4, 0.5) is 0 Å². The standard InChI is InChI=1S/C19H23N5O4/c1-22-16(4-7-21-22)19(26)24-8-5-14(13-24)28-17-15(3-2-6-20-17)18(25)23-9-11-27-12-10-23/h2-4,6-7,14H,5,8-13H2,1H3. The summed E-state index contributed by atoms with van der Waals surface area (Å²) in [5, 5.41) is 4.05. The normalized spacial score (nSPS) is 19.7. The Bertz CT molecular complexity index is 862. The van der Waals surface area contributed by atoms with E-state index < -0.39 is 0 Å². The van der Waals surface area contributed by atoms with Gasteiger partial charge in [-0.3, -0.25) is 14.3 Å². The van der Waals surface area contributed by atoms with Gasteiger partial charge >= 0.3 is 0 Å². The van der Waals surface area contributed by atoms with Crippen molar-refractivity contribution in [1.82, 2.24) is 24.6 Å². The molecule has 0 saturated carbocycles. The number of nitrogens with zero attached hydrogens (tertiary/aromatic N) is 5. The lowest BCUT2D eigenvalue weighted by molar-refractivity contribution is 0.0298. The minimum atomic E-state index is -0.205. The van der Waals surface area contributed by atoms with E-state index >= 15 is 0 Å². The molecular weight excluding hydrogens is 362 g/mol. The van der Waals surface area contributed by atoms with Crippen LogP contribution in [0.25, 0.3) is 0 Å². The van der Waals surface area contributed by atoms with E-state index in [9.17, 15) is 9.59 Å². The molecule has 148 valence electrons. The van der Waals surface area contributed by atoms with Gasteiger partial charge < -0.3 is 19.3 Å². The number of likely N-dealkylation sites (tertiary alicyclic amines) is 1. The van der Waals surface area contributed by atoms with Gasteiger partial charge in [0.15, 0.2) is 0 Å². The van der Waals surface area contributed by atoms with Crippen LogP contribution in [0.15, 0.2) is 30.6 Å². The Balaban J connectivity index is 1.43. The molecule has 9 nitrogen and oxygen atoms in total. The zero-order chi connectivity index (χ0) is 19.5. The fourth-order valence-corrected chi connectivity index (χ4v) is 3.50. The lowest BCUT2D eigenvalue weighted by Crippen LogP contribution is -2.41. The van der Waals surface area contributed by atoms with E-state index in [0.29, 0.717) is 63.0 Å². The smallest absolute Gasteiger partial charge is 0.272 e. The number of pyridine rings is 1. The minimum absolute atomic E-state index is 0.0725. The fraction of sp³-hybridized carbons (Fsp3) is 0.474. The number of morpholine rings is 1. The molecule has 2 aromatic rings. The molecule has 2 aliphatic heterocycles. The zero-order valence-electron chi connectivity index (χ0n) is 15.8. The van der Waals surface area contributed by atoms with Gasteiger partial charge in [-0.1, -0.05) is 0 Å². The Labute approximate surface area is 162 Å². The predicted octanol–water partition coefficient (Wildman–Crippen LogP) is 0.581. The third kappa shape index (κ3) is 3.70. The molecular formula is C19H23N5O4. The van der Waals surface area contributed by atoms with Gasteiger partial charge in [0.25, 0.3) is 11.8 Å². The molecule has 2 aliphatic rings. The second-order valence-corrected chi connectivity index (χ2v) is 6.88. The van der Waals surface area contributed by atoms with Crippen LogP contribution in [-0.4, -0.2) is 81.9 Å². The number of ether oxygens (including phenoxy) is 2. The Morgan fingerprint density at radius 1 is 1.11 bits per heavy atom. The maximum Gasteiger partial charge on any atom is 0.272 e. The third-order valence-electron chi connectivity index (χ3n) is 5.05. The van der Waals surface area contributed by atoms with E-state index in [2.05, 4.69) is 10.1 Å². The molecule has 0 aliphatic carbocycles. The monoisotopic (exact) mass is 385 g/mol. The molecule has 0 radical (unpaired) electrons. The lowest BCUT2D eigenvalue weighted by Gasteiger charge is -2.27. The fourth-order valence-electron chi connectivity index (χ4n) is 3.50. The lowest BCUT2D eigenvalue weighted by atomic mass is 10.2. The van der Waals surface area contributed by atoms with Crippen molar-refractivity contribution in [2.75, 3.05) is 39.4 Å². The third-order valence-corrected chi connectivity index (χ3v) is 5.05. The molecule has 4 rings (SSSR count). The first-order valence-electron chi connectivity index (χ1n) is 9.39. The first-order chi connectivity index (χ1) is 13.6. The van der Waals surface area contributed by atoms with E-state index in [-0.39, 0.29) is 17.9 Å². The largest absolute Gasteiger partial charge is 0.472 e. The number of hydrogen-bond donors (Lipinski definition) is 0. The molecule has 0 bridgehead atoms. The highest BCUT2D eigenvalue weighted by Gasteiger charge is 2.31. The van der Waals surface area contributed by atoms with Gasteiger partial charge in [-0.05, 0) is 18.2 Å². The maximum atomic E-state index is 12.8. The molecule has 2 fully saturated rings. The quantitative estimate of drug-likeness (QED) is 0.765. The SMILES string of the molecule is Cn1nccc1C(=O)N1CCC(Oc2ncccc2C(=O)N2CCOCC2)C1. The number of carbonyl (C=O) groups excluding carboxylic acids is 2. The van der Waals surface area contributed by atoms with Crippen LogP contribution < -0.4 is 4.74 Å². The van der Waals surface area contributed by atoms with Crippen LogP contribution in [0.3, 0.4) is 0 Å². The van der Waals surface area contributed by atoms with Crippen molar-refractivity contribution in [2.45, 2.75) is 12.5 Å². The second-order valence-electron chi connectivity index (χ2n) is 6.88. The van der Waals surface area contributed by atoms with Gasteiger partial charge in [-0.2, -0.15) is 5.10 Å². The second kappa shape index (κ2) is 7.97. The van der Waals surface area contributed by atoms with Gasteiger partial charge in [0.05, 0.1) is 19.8 Å². The molecule has 1 atom stereocenters. The first kappa shape index (κ1) is 18.4. The Hall–Kier alpha value is -2.94. The van der Waals surface area contributed by atoms with Gasteiger partial charge in [0.1, 0.15) is 17.4 Å². The summed E-state index contributed by atoms with van der Waals surface area (Å²) >= 11 is 0. The Morgan fingerprint density at radius 3 is 2.68 bits per heavy atom. The molecule has 4 heterocycles. The molecule has 2 saturated heterocycles. The van der Waals surface area contributed by atoms with E-state index in [1.54, 1.807) is 52.1 Å². The summed E-state index contributed by atoms with van der Waals surface area (Å²) < 4.78 is 12.9. The summed E-state index contributed by atoms with van der Waals surface area (Å²) in [4.78, 5) is 33.2. The Kier molecular flexibility index (Phi) is 5.25. The molecule has 28 heavy (non-hydrogen) atoms. The van der Waals surface area contributed by atoms with E-state index in [0.717, 1.165) is 0 Å². The summed E-state index contributed by atoms with van der Waals surface area (Å²) in [5.74, 6) is 0.141. The van der Waals surface area contributed by atoms with Crippen molar-refractivity contribution in [3.63, 3.8) is 0 Å². The highest BCUT2D eigenvalue weighted by atomic mass is 16.5. The summed E-state index contributed by atoms with van der Waals surface area (Å²) in [6, 6.07) is 5.16. The molecule has 0 N–H and O–H groups in total.